The number of phenols is 1. The van der Waals surface area contributed by atoms with E-state index in [4.69, 9.17) is 17.3 Å². The summed E-state index contributed by atoms with van der Waals surface area (Å²) in [4.78, 5) is 12.0. The van der Waals surface area contributed by atoms with Crippen LogP contribution in [-0.2, 0) is 11.2 Å². The molecular weight excluding hydrogens is 295 g/mol. The summed E-state index contributed by atoms with van der Waals surface area (Å²) >= 11 is 5.83. The number of para-hydroxylation sites is 1. The van der Waals surface area contributed by atoms with Crippen LogP contribution in [0.15, 0.2) is 42.5 Å². The molecule has 0 unspecified atom stereocenters. The Kier molecular flexibility index (Phi) is 4.77. The molecule has 0 aliphatic heterocycles. The number of rotatable bonds is 4. The van der Waals surface area contributed by atoms with Gasteiger partial charge in [0.2, 0.25) is 5.91 Å². The summed E-state index contributed by atoms with van der Waals surface area (Å²) in [5.41, 5.74) is 6.50. The average molecular weight is 309 g/mol. The van der Waals surface area contributed by atoms with E-state index in [1.807, 2.05) is 0 Å². The van der Waals surface area contributed by atoms with Crippen molar-refractivity contribution in [3.8, 4) is 5.75 Å². The molecular formula is C15H14ClFN2O2. The monoisotopic (exact) mass is 308 g/mol. The van der Waals surface area contributed by atoms with Crippen molar-refractivity contribution in [2.75, 3.05) is 5.32 Å². The van der Waals surface area contributed by atoms with Gasteiger partial charge in [-0.1, -0.05) is 29.8 Å². The maximum Gasteiger partial charge on any atom is 0.241 e. The van der Waals surface area contributed by atoms with Gasteiger partial charge >= 0.3 is 0 Å². The van der Waals surface area contributed by atoms with Gasteiger partial charge in [0.1, 0.15) is 11.6 Å². The number of hydrogen-bond acceptors (Lipinski definition) is 3. The quantitative estimate of drug-likeness (QED) is 0.813. The number of aromatic hydroxyl groups is 1. The molecule has 6 heteroatoms. The van der Waals surface area contributed by atoms with Gasteiger partial charge in [0.25, 0.3) is 0 Å². The summed E-state index contributed by atoms with van der Waals surface area (Å²) in [5, 5.41) is 11.7. The van der Waals surface area contributed by atoms with Crippen LogP contribution in [0.2, 0.25) is 5.02 Å². The van der Waals surface area contributed by atoms with E-state index in [9.17, 15) is 14.3 Å². The van der Waals surface area contributed by atoms with E-state index >= 15 is 0 Å². The van der Waals surface area contributed by atoms with Gasteiger partial charge in [0.15, 0.2) is 0 Å². The minimum Gasteiger partial charge on any atom is -0.508 e. The minimum absolute atomic E-state index is 0.0784. The van der Waals surface area contributed by atoms with E-state index in [1.165, 1.54) is 30.3 Å². The van der Waals surface area contributed by atoms with Gasteiger partial charge in [-0.2, -0.15) is 0 Å². The molecule has 2 aromatic carbocycles. The van der Waals surface area contributed by atoms with E-state index in [-0.39, 0.29) is 22.9 Å². The van der Waals surface area contributed by atoms with Gasteiger partial charge < -0.3 is 16.2 Å². The molecule has 1 amide bonds. The number of carbonyl (C=O) groups is 1. The first-order valence-electron chi connectivity index (χ1n) is 6.25. The topological polar surface area (TPSA) is 75.3 Å². The highest BCUT2D eigenvalue weighted by molar-refractivity contribution is 6.33. The van der Waals surface area contributed by atoms with Crippen LogP contribution < -0.4 is 11.1 Å². The van der Waals surface area contributed by atoms with Crippen molar-refractivity contribution in [3.05, 3.63) is 58.9 Å². The number of nitrogens with two attached hydrogens (primary N) is 1. The van der Waals surface area contributed by atoms with Crippen LogP contribution in [0.1, 0.15) is 5.56 Å². The highest BCUT2D eigenvalue weighted by atomic mass is 35.5. The fourth-order valence-corrected chi connectivity index (χ4v) is 2.02. The lowest BCUT2D eigenvalue weighted by molar-refractivity contribution is -0.117. The third kappa shape index (κ3) is 3.93. The third-order valence-electron chi connectivity index (χ3n) is 2.94. The van der Waals surface area contributed by atoms with Crippen molar-refractivity contribution in [2.45, 2.75) is 12.5 Å². The first-order chi connectivity index (χ1) is 9.97. The number of hydrogen-bond donors (Lipinski definition) is 3. The number of phenolic OH excluding ortho intramolecular Hbond substituents is 1. The Morgan fingerprint density at radius 2 is 1.95 bits per heavy atom. The Labute approximate surface area is 126 Å². The molecule has 0 saturated heterocycles. The normalized spacial score (nSPS) is 12.0. The minimum atomic E-state index is -0.856. The smallest absolute Gasteiger partial charge is 0.241 e. The van der Waals surface area contributed by atoms with Crippen molar-refractivity contribution in [2.24, 2.45) is 5.73 Å². The Morgan fingerprint density at radius 3 is 2.57 bits per heavy atom. The highest BCUT2D eigenvalue weighted by Gasteiger charge is 2.17. The van der Waals surface area contributed by atoms with Crippen molar-refractivity contribution >= 4 is 23.2 Å². The molecule has 1 atom stereocenters. The summed E-state index contributed by atoms with van der Waals surface area (Å²) in [5.74, 6) is -1.02. The number of halogens is 2. The van der Waals surface area contributed by atoms with E-state index in [0.29, 0.717) is 0 Å². The van der Waals surface area contributed by atoms with E-state index < -0.39 is 17.8 Å². The Bertz CT molecular complexity index is 626. The number of amides is 1. The second-order valence-corrected chi connectivity index (χ2v) is 4.97. The molecule has 2 aromatic rings. The van der Waals surface area contributed by atoms with Crippen molar-refractivity contribution < 1.29 is 14.3 Å². The summed E-state index contributed by atoms with van der Waals surface area (Å²) in [6.45, 7) is 0. The van der Waals surface area contributed by atoms with Crippen LogP contribution in [-0.4, -0.2) is 17.1 Å². The van der Waals surface area contributed by atoms with E-state index in [1.54, 1.807) is 12.1 Å². The zero-order chi connectivity index (χ0) is 15.4. The Morgan fingerprint density at radius 1 is 1.29 bits per heavy atom. The van der Waals surface area contributed by atoms with Crippen molar-refractivity contribution in [1.82, 2.24) is 0 Å². The van der Waals surface area contributed by atoms with Crippen LogP contribution in [0, 0.1) is 5.82 Å². The molecule has 0 aliphatic rings. The molecule has 0 aliphatic carbocycles. The molecule has 110 valence electrons. The highest BCUT2D eigenvalue weighted by Crippen LogP contribution is 2.24. The van der Waals surface area contributed by atoms with Crippen LogP contribution in [0.25, 0.3) is 0 Å². The maximum atomic E-state index is 13.6. The Balaban J connectivity index is 2.04. The first kappa shape index (κ1) is 15.3. The lowest BCUT2D eigenvalue weighted by atomic mass is 10.1. The van der Waals surface area contributed by atoms with Crippen LogP contribution >= 0.6 is 11.6 Å². The molecule has 2 rings (SSSR count). The molecule has 0 spiro atoms. The van der Waals surface area contributed by atoms with Gasteiger partial charge in [0, 0.05) is 0 Å². The standard InChI is InChI=1S/C15H14ClFN2O2/c16-11-2-1-3-12(17)14(11)19-15(21)13(18)8-9-4-6-10(20)7-5-9/h1-7,13,20H,8,18H2,(H,19,21)/t13-/m1/s1. The molecule has 4 N–H and O–H groups in total. The molecule has 0 fully saturated rings. The van der Waals surface area contributed by atoms with E-state index in [0.717, 1.165) is 5.56 Å². The second kappa shape index (κ2) is 6.56. The number of anilines is 1. The Hall–Kier alpha value is -2.11. The van der Waals surface area contributed by atoms with E-state index in [2.05, 4.69) is 5.32 Å². The van der Waals surface area contributed by atoms with Crippen molar-refractivity contribution in [1.29, 1.82) is 0 Å². The summed E-state index contributed by atoms with van der Waals surface area (Å²) in [6.07, 6.45) is 0.262. The van der Waals surface area contributed by atoms with Gasteiger partial charge in [0.05, 0.1) is 16.8 Å². The fraction of sp³-hybridized carbons (Fsp3) is 0.133. The van der Waals surface area contributed by atoms with Crippen molar-refractivity contribution in [3.63, 3.8) is 0 Å². The maximum absolute atomic E-state index is 13.6. The number of benzene rings is 2. The van der Waals surface area contributed by atoms with Gasteiger partial charge in [-0.25, -0.2) is 4.39 Å². The molecule has 0 heterocycles. The predicted molar refractivity (Wildman–Crippen MR) is 79.8 cm³/mol. The third-order valence-corrected chi connectivity index (χ3v) is 3.25. The van der Waals surface area contributed by atoms with Crippen LogP contribution in [0.5, 0.6) is 5.75 Å². The van der Waals surface area contributed by atoms with Crippen LogP contribution in [0.3, 0.4) is 0 Å². The second-order valence-electron chi connectivity index (χ2n) is 4.56. The lowest BCUT2D eigenvalue weighted by Gasteiger charge is -2.13. The largest absolute Gasteiger partial charge is 0.508 e. The SMILES string of the molecule is N[C@H](Cc1ccc(O)cc1)C(=O)Nc1c(F)cccc1Cl. The zero-order valence-electron chi connectivity index (χ0n) is 11.0. The fourth-order valence-electron chi connectivity index (χ4n) is 1.81. The molecule has 21 heavy (non-hydrogen) atoms. The number of carbonyl (C=O) groups excluding carboxylic acids is 1. The lowest BCUT2D eigenvalue weighted by Crippen LogP contribution is -2.37. The molecule has 4 nitrogen and oxygen atoms in total. The summed E-state index contributed by atoms with van der Waals surface area (Å²) < 4.78 is 13.6. The predicted octanol–water partition coefficient (Wildman–Crippen LogP) is 2.69. The summed E-state index contributed by atoms with van der Waals surface area (Å²) in [7, 11) is 0. The summed E-state index contributed by atoms with van der Waals surface area (Å²) in [6, 6.07) is 9.62. The molecule has 0 radical (unpaired) electrons. The molecule has 0 aromatic heterocycles. The number of nitrogens with one attached hydrogen (secondary N) is 1. The first-order valence-corrected chi connectivity index (χ1v) is 6.63. The van der Waals surface area contributed by atoms with Crippen LogP contribution in [0.4, 0.5) is 10.1 Å². The van der Waals surface area contributed by atoms with Gasteiger partial charge in [-0.3, -0.25) is 4.79 Å². The zero-order valence-corrected chi connectivity index (χ0v) is 11.8. The average Bonchev–Trinajstić information content (AvgIpc) is 2.45. The van der Waals surface area contributed by atoms with Gasteiger partial charge in [-0.05, 0) is 36.2 Å². The molecule has 0 bridgehead atoms. The molecule has 0 saturated carbocycles. The van der Waals surface area contributed by atoms with Gasteiger partial charge in [-0.15, -0.1) is 0 Å².